The molecule has 1 aliphatic rings. The van der Waals surface area contributed by atoms with Gasteiger partial charge in [0.2, 0.25) is 0 Å². The highest BCUT2D eigenvalue weighted by Gasteiger charge is 2.14. The lowest BCUT2D eigenvalue weighted by Gasteiger charge is -2.29. The summed E-state index contributed by atoms with van der Waals surface area (Å²) in [4.78, 5) is 13.4. The Bertz CT molecular complexity index is 470. The summed E-state index contributed by atoms with van der Waals surface area (Å²) < 4.78 is 5.33. The summed E-state index contributed by atoms with van der Waals surface area (Å²) in [6.07, 6.45) is 0. The van der Waals surface area contributed by atoms with Crippen molar-refractivity contribution >= 4 is 11.7 Å². The molecule has 0 amide bonds. The van der Waals surface area contributed by atoms with E-state index in [1.54, 1.807) is 6.07 Å². The van der Waals surface area contributed by atoms with Crippen LogP contribution in [0.5, 0.6) is 0 Å². The first kappa shape index (κ1) is 14.8. The van der Waals surface area contributed by atoms with E-state index in [0.29, 0.717) is 11.6 Å². The molecule has 1 saturated heterocycles. The predicted octanol–water partition coefficient (Wildman–Crippen LogP) is 1.83. The monoisotopic (exact) mass is 278 g/mol. The van der Waals surface area contributed by atoms with Gasteiger partial charge in [-0.05, 0) is 37.6 Å². The quantitative estimate of drug-likeness (QED) is 0.860. The SMILES string of the molecule is Cc1cc(NC(C)CN2CCOCC2)ccc1C(=O)O. The van der Waals surface area contributed by atoms with Crippen LogP contribution in [0.25, 0.3) is 0 Å². The average Bonchev–Trinajstić information content (AvgIpc) is 2.39. The highest BCUT2D eigenvalue weighted by molar-refractivity contribution is 5.89. The highest BCUT2D eigenvalue weighted by atomic mass is 16.5. The number of aryl methyl sites for hydroxylation is 1. The number of aromatic carboxylic acids is 1. The van der Waals surface area contributed by atoms with Gasteiger partial charge in [0.15, 0.2) is 0 Å². The molecule has 1 heterocycles. The fourth-order valence-corrected chi connectivity index (χ4v) is 2.49. The second-order valence-electron chi connectivity index (χ2n) is 5.29. The molecular formula is C15H22N2O3. The minimum Gasteiger partial charge on any atom is -0.478 e. The standard InChI is InChI=1S/C15H22N2O3/c1-11-9-13(3-4-14(11)15(18)19)16-12(2)10-17-5-7-20-8-6-17/h3-4,9,12,16H,5-8,10H2,1-2H3,(H,18,19). The number of hydrogen-bond donors (Lipinski definition) is 2. The molecule has 5 heteroatoms. The maximum absolute atomic E-state index is 11.0. The van der Waals surface area contributed by atoms with Crippen LogP contribution < -0.4 is 5.32 Å². The van der Waals surface area contributed by atoms with Crippen molar-refractivity contribution in [2.24, 2.45) is 0 Å². The summed E-state index contributed by atoms with van der Waals surface area (Å²) in [5, 5.41) is 12.4. The van der Waals surface area contributed by atoms with E-state index in [9.17, 15) is 4.79 Å². The molecular weight excluding hydrogens is 256 g/mol. The molecule has 0 radical (unpaired) electrons. The minimum atomic E-state index is -0.879. The second kappa shape index (κ2) is 6.72. The molecule has 1 aromatic rings. The predicted molar refractivity (Wildman–Crippen MR) is 78.5 cm³/mol. The first-order chi connectivity index (χ1) is 9.56. The molecule has 1 aliphatic heterocycles. The number of benzene rings is 1. The van der Waals surface area contributed by atoms with E-state index < -0.39 is 5.97 Å². The van der Waals surface area contributed by atoms with Gasteiger partial charge in [0, 0.05) is 31.4 Å². The van der Waals surface area contributed by atoms with Gasteiger partial charge in [-0.25, -0.2) is 4.79 Å². The highest BCUT2D eigenvalue weighted by Crippen LogP contribution is 2.16. The summed E-state index contributed by atoms with van der Waals surface area (Å²) >= 11 is 0. The topological polar surface area (TPSA) is 61.8 Å². The molecule has 1 unspecified atom stereocenters. The molecule has 0 spiro atoms. The van der Waals surface area contributed by atoms with Gasteiger partial charge in [0.05, 0.1) is 18.8 Å². The van der Waals surface area contributed by atoms with Gasteiger partial charge in [-0.3, -0.25) is 4.90 Å². The molecule has 2 N–H and O–H groups in total. The fraction of sp³-hybridized carbons (Fsp3) is 0.533. The molecule has 2 rings (SSSR count). The zero-order valence-corrected chi connectivity index (χ0v) is 12.1. The van der Waals surface area contributed by atoms with E-state index >= 15 is 0 Å². The Morgan fingerprint density at radius 3 is 2.75 bits per heavy atom. The Morgan fingerprint density at radius 1 is 1.45 bits per heavy atom. The van der Waals surface area contributed by atoms with Crippen LogP contribution in [-0.2, 0) is 4.74 Å². The first-order valence-corrected chi connectivity index (χ1v) is 6.97. The number of anilines is 1. The number of morpholine rings is 1. The molecule has 1 fully saturated rings. The summed E-state index contributed by atoms with van der Waals surface area (Å²) in [7, 11) is 0. The number of nitrogens with zero attached hydrogens (tertiary/aromatic N) is 1. The van der Waals surface area contributed by atoms with Crippen molar-refractivity contribution in [1.29, 1.82) is 0 Å². The lowest BCUT2D eigenvalue weighted by atomic mass is 10.1. The van der Waals surface area contributed by atoms with Crippen molar-refractivity contribution in [3.05, 3.63) is 29.3 Å². The van der Waals surface area contributed by atoms with Crippen molar-refractivity contribution in [1.82, 2.24) is 4.90 Å². The van der Waals surface area contributed by atoms with Crippen molar-refractivity contribution in [2.45, 2.75) is 19.9 Å². The third-order valence-corrected chi connectivity index (χ3v) is 3.51. The van der Waals surface area contributed by atoms with Crippen LogP contribution in [0, 0.1) is 6.92 Å². The number of hydrogen-bond acceptors (Lipinski definition) is 4. The Morgan fingerprint density at radius 2 is 2.15 bits per heavy atom. The van der Waals surface area contributed by atoms with Gasteiger partial charge < -0.3 is 15.2 Å². The molecule has 1 atom stereocenters. The maximum Gasteiger partial charge on any atom is 0.335 e. The Balaban J connectivity index is 1.92. The Hall–Kier alpha value is -1.59. The zero-order chi connectivity index (χ0) is 14.5. The summed E-state index contributed by atoms with van der Waals surface area (Å²) in [5.74, 6) is -0.879. The third-order valence-electron chi connectivity index (χ3n) is 3.51. The first-order valence-electron chi connectivity index (χ1n) is 6.97. The zero-order valence-electron chi connectivity index (χ0n) is 12.1. The molecule has 110 valence electrons. The molecule has 0 aromatic heterocycles. The smallest absolute Gasteiger partial charge is 0.335 e. The molecule has 20 heavy (non-hydrogen) atoms. The Labute approximate surface area is 119 Å². The number of rotatable bonds is 5. The number of nitrogens with one attached hydrogen (secondary N) is 1. The summed E-state index contributed by atoms with van der Waals surface area (Å²) in [6, 6.07) is 5.68. The average molecular weight is 278 g/mol. The van der Waals surface area contributed by atoms with Crippen molar-refractivity contribution in [2.75, 3.05) is 38.2 Å². The lowest BCUT2D eigenvalue weighted by Crippen LogP contribution is -2.42. The molecule has 0 aliphatic carbocycles. The van der Waals surface area contributed by atoms with Gasteiger partial charge in [-0.15, -0.1) is 0 Å². The number of carboxylic acids is 1. The van der Waals surface area contributed by atoms with Crippen LogP contribution in [0.1, 0.15) is 22.8 Å². The van der Waals surface area contributed by atoms with Crippen LogP contribution in [-0.4, -0.2) is 54.9 Å². The molecule has 1 aromatic carbocycles. The van der Waals surface area contributed by atoms with Crippen LogP contribution in [0.3, 0.4) is 0 Å². The van der Waals surface area contributed by atoms with E-state index in [4.69, 9.17) is 9.84 Å². The van der Waals surface area contributed by atoms with Crippen LogP contribution in [0.15, 0.2) is 18.2 Å². The van der Waals surface area contributed by atoms with Gasteiger partial charge in [-0.2, -0.15) is 0 Å². The minimum absolute atomic E-state index is 0.308. The van der Waals surface area contributed by atoms with Crippen molar-refractivity contribution in [3.8, 4) is 0 Å². The van der Waals surface area contributed by atoms with Gasteiger partial charge in [0.25, 0.3) is 0 Å². The van der Waals surface area contributed by atoms with Crippen molar-refractivity contribution in [3.63, 3.8) is 0 Å². The molecule has 0 saturated carbocycles. The van der Waals surface area contributed by atoms with E-state index in [2.05, 4.69) is 17.1 Å². The van der Waals surface area contributed by atoms with Crippen LogP contribution >= 0.6 is 0 Å². The maximum atomic E-state index is 11.0. The van der Waals surface area contributed by atoms with E-state index in [0.717, 1.165) is 44.1 Å². The Kier molecular flexibility index (Phi) is 4.98. The summed E-state index contributed by atoms with van der Waals surface area (Å²) in [6.45, 7) is 8.48. The van der Waals surface area contributed by atoms with E-state index in [1.165, 1.54) is 0 Å². The number of carbonyl (C=O) groups is 1. The second-order valence-corrected chi connectivity index (χ2v) is 5.29. The van der Waals surface area contributed by atoms with Gasteiger partial charge in [-0.1, -0.05) is 0 Å². The third kappa shape index (κ3) is 3.95. The molecule has 5 nitrogen and oxygen atoms in total. The van der Waals surface area contributed by atoms with E-state index in [-0.39, 0.29) is 0 Å². The van der Waals surface area contributed by atoms with Crippen LogP contribution in [0.4, 0.5) is 5.69 Å². The lowest BCUT2D eigenvalue weighted by molar-refractivity contribution is 0.0368. The number of carboxylic acid groups (broad SMARTS) is 1. The summed E-state index contributed by atoms with van der Waals surface area (Å²) in [5.41, 5.74) is 2.10. The van der Waals surface area contributed by atoms with E-state index in [1.807, 2.05) is 19.1 Å². The normalized spacial score (nSPS) is 17.7. The fourth-order valence-electron chi connectivity index (χ4n) is 2.49. The van der Waals surface area contributed by atoms with Gasteiger partial charge >= 0.3 is 5.97 Å². The van der Waals surface area contributed by atoms with Gasteiger partial charge in [0.1, 0.15) is 0 Å². The molecule has 0 bridgehead atoms. The van der Waals surface area contributed by atoms with Crippen molar-refractivity contribution < 1.29 is 14.6 Å². The largest absolute Gasteiger partial charge is 0.478 e. The number of ether oxygens (including phenoxy) is 1. The van der Waals surface area contributed by atoms with Crippen LogP contribution in [0.2, 0.25) is 0 Å².